The van der Waals surface area contributed by atoms with E-state index in [0.717, 1.165) is 0 Å². The van der Waals surface area contributed by atoms with Crippen molar-refractivity contribution in [3.63, 3.8) is 0 Å². The SMILES string of the molecule is COCO[C@H]1C[C@H]2Oc3c(OC)cccc3O[C@H]2[C@@H]1OC(=S)Oc1ccccc1. The molecule has 0 unspecified atom stereocenters. The van der Waals surface area contributed by atoms with Gasteiger partial charge in [-0.1, -0.05) is 24.3 Å². The zero-order valence-electron chi connectivity index (χ0n) is 16.1. The number of ether oxygens (including phenoxy) is 7. The van der Waals surface area contributed by atoms with Crippen LogP contribution in [-0.2, 0) is 14.2 Å². The second kappa shape index (κ2) is 8.86. The predicted molar refractivity (Wildman–Crippen MR) is 108 cm³/mol. The van der Waals surface area contributed by atoms with Gasteiger partial charge in [-0.3, -0.25) is 0 Å². The quantitative estimate of drug-likeness (QED) is 0.523. The summed E-state index contributed by atoms with van der Waals surface area (Å²) in [5, 5.41) is -0.00657. The summed E-state index contributed by atoms with van der Waals surface area (Å²) in [7, 11) is 3.16. The average molecular weight is 418 g/mol. The maximum Gasteiger partial charge on any atom is 0.358 e. The molecule has 1 aliphatic carbocycles. The number of hydrogen-bond acceptors (Lipinski definition) is 8. The summed E-state index contributed by atoms with van der Waals surface area (Å²) >= 11 is 5.30. The van der Waals surface area contributed by atoms with Crippen molar-refractivity contribution in [3.8, 4) is 23.0 Å². The third-order valence-corrected chi connectivity index (χ3v) is 4.97. The lowest BCUT2D eigenvalue weighted by Crippen LogP contribution is -2.45. The molecule has 1 saturated carbocycles. The van der Waals surface area contributed by atoms with Gasteiger partial charge in [0, 0.05) is 25.7 Å². The van der Waals surface area contributed by atoms with E-state index < -0.39 is 12.2 Å². The van der Waals surface area contributed by atoms with Crippen molar-refractivity contribution in [2.75, 3.05) is 21.0 Å². The summed E-state index contributed by atoms with van der Waals surface area (Å²) < 4.78 is 40.2. The van der Waals surface area contributed by atoms with E-state index in [4.69, 9.17) is 45.4 Å². The van der Waals surface area contributed by atoms with Gasteiger partial charge in [0.05, 0.1) is 7.11 Å². The molecule has 2 aromatic rings. The number of para-hydroxylation sites is 2. The van der Waals surface area contributed by atoms with E-state index in [1.165, 1.54) is 0 Å². The monoisotopic (exact) mass is 418 g/mol. The molecule has 0 saturated heterocycles. The van der Waals surface area contributed by atoms with Crippen LogP contribution in [0.2, 0.25) is 0 Å². The zero-order valence-corrected chi connectivity index (χ0v) is 16.9. The summed E-state index contributed by atoms with van der Waals surface area (Å²) in [6.45, 7) is 0.118. The Labute approximate surface area is 174 Å². The van der Waals surface area contributed by atoms with Gasteiger partial charge in [0.15, 0.2) is 23.7 Å². The number of rotatable bonds is 6. The lowest BCUT2D eigenvalue weighted by Gasteiger charge is -2.32. The first-order chi connectivity index (χ1) is 14.2. The Bertz CT molecular complexity index is 844. The Hall–Kier alpha value is -2.55. The fourth-order valence-electron chi connectivity index (χ4n) is 3.52. The molecule has 2 aliphatic rings. The Kier molecular flexibility index (Phi) is 6.03. The van der Waals surface area contributed by atoms with E-state index in [9.17, 15) is 0 Å². The van der Waals surface area contributed by atoms with E-state index in [1.807, 2.05) is 36.4 Å². The molecule has 0 radical (unpaired) electrons. The molecule has 4 rings (SSSR count). The standard InChI is InChI=1S/C21H22O7S/c1-22-12-24-16-11-17-20(26-15-10-6-9-14(23-2)18(15)27-17)19(16)28-21(29)25-13-7-4-3-5-8-13/h3-10,16-17,19-20H,11-12H2,1-2H3/t16-,17+,19+,20+/m0/s1. The van der Waals surface area contributed by atoms with Crippen molar-refractivity contribution >= 4 is 17.5 Å². The third-order valence-electron chi connectivity index (χ3n) is 4.79. The van der Waals surface area contributed by atoms with Crippen molar-refractivity contribution in [2.45, 2.75) is 30.8 Å². The van der Waals surface area contributed by atoms with Crippen LogP contribution in [-0.4, -0.2) is 50.7 Å². The highest BCUT2D eigenvalue weighted by Gasteiger charge is 2.52. The second-order valence-electron chi connectivity index (χ2n) is 6.62. The predicted octanol–water partition coefficient (Wildman–Crippen LogP) is 3.35. The highest BCUT2D eigenvalue weighted by molar-refractivity contribution is 7.79. The van der Waals surface area contributed by atoms with Crippen LogP contribution < -0.4 is 18.9 Å². The highest BCUT2D eigenvalue weighted by Crippen LogP contribution is 2.46. The van der Waals surface area contributed by atoms with E-state index in [1.54, 1.807) is 26.4 Å². The average Bonchev–Trinajstić information content (AvgIpc) is 3.07. The Morgan fingerprint density at radius 1 is 1.07 bits per heavy atom. The topological polar surface area (TPSA) is 64.6 Å². The van der Waals surface area contributed by atoms with Crippen molar-refractivity contribution in [1.29, 1.82) is 0 Å². The van der Waals surface area contributed by atoms with Gasteiger partial charge in [0.25, 0.3) is 0 Å². The number of hydrogen-bond donors (Lipinski definition) is 0. The van der Waals surface area contributed by atoms with Gasteiger partial charge in [-0.25, -0.2) is 0 Å². The lowest BCUT2D eigenvalue weighted by atomic mass is 10.2. The fourth-order valence-corrected chi connectivity index (χ4v) is 3.73. The molecule has 0 bridgehead atoms. The fraction of sp³-hybridized carbons (Fsp3) is 0.381. The van der Waals surface area contributed by atoms with Crippen LogP contribution in [0.1, 0.15) is 6.42 Å². The lowest BCUT2D eigenvalue weighted by molar-refractivity contribution is -0.111. The Morgan fingerprint density at radius 3 is 2.66 bits per heavy atom. The normalized spacial score (nSPS) is 24.5. The van der Waals surface area contributed by atoms with Crippen LogP contribution >= 0.6 is 12.2 Å². The van der Waals surface area contributed by atoms with E-state index in [0.29, 0.717) is 29.4 Å². The second-order valence-corrected chi connectivity index (χ2v) is 6.95. The third kappa shape index (κ3) is 4.24. The van der Waals surface area contributed by atoms with Crippen LogP contribution in [0.5, 0.6) is 23.0 Å². The molecule has 0 aromatic heterocycles. The summed E-state index contributed by atoms with van der Waals surface area (Å²) in [6, 6.07) is 14.7. The first kappa shape index (κ1) is 19.8. The Morgan fingerprint density at radius 2 is 1.90 bits per heavy atom. The zero-order chi connectivity index (χ0) is 20.2. The van der Waals surface area contributed by atoms with Gasteiger partial charge in [0.1, 0.15) is 24.8 Å². The number of thiocarbonyl (C=S) groups is 1. The minimum atomic E-state index is -0.522. The van der Waals surface area contributed by atoms with Crippen molar-refractivity contribution in [2.24, 2.45) is 0 Å². The molecular weight excluding hydrogens is 396 g/mol. The van der Waals surface area contributed by atoms with Gasteiger partial charge in [-0.2, -0.15) is 0 Å². The first-order valence-corrected chi connectivity index (χ1v) is 9.64. The minimum absolute atomic E-state index is 0.00657. The van der Waals surface area contributed by atoms with E-state index in [2.05, 4.69) is 0 Å². The van der Waals surface area contributed by atoms with Crippen LogP contribution in [0, 0.1) is 0 Å². The molecule has 0 amide bonds. The summed E-state index contributed by atoms with van der Waals surface area (Å²) in [5.41, 5.74) is 0. The number of fused-ring (bicyclic) bond motifs is 2. The molecule has 0 N–H and O–H groups in total. The molecule has 0 spiro atoms. The van der Waals surface area contributed by atoms with E-state index in [-0.39, 0.29) is 24.2 Å². The molecule has 4 atom stereocenters. The van der Waals surface area contributed by atoms with E-state index >= 15 is 0 Å². The summed E-state index contributed by atoms with van der Waals surface area (Å²) in [4.78, 5) is 0. The molecule has 1 aliphatic heterocycles. The highest BCUT2D eigenvalue weighted by atomic mass is 32.1. The summed E-state index contributed by atoms with van der Waals surface area (Å²) in [6.07, 6.45) is -1.03. The van der Waals surface area contributed by atoms with Gasteiger partial charge >= 0.3 is 5.24 Å². The maximum atomic E-state index is 6.21. The van der Waals surface area contributed by atoms with Gasteiger partial charge in [-0.15, -0.1) is 0 Å². The van der Waals surface area contributed by atoms with Gasteiger partial charge in [-0.05, 0) is 24.3 Å². The minimum Gasteiger partial charge on any atom is -0.493 e. The molecule has 1 heterocycles. The number of methoxy groups -OCH3 is 2. The molecule has 154 valence electrons. The molecular formula is C21H22O7S. The van der Waals surface area contributed by atoms with Crippen molar-refractivity contribution in [1.82, 2.24) is 0 Å². The van der Waals surface area contributed by atoms with Crippen LogP contribution in [0.25, 0.3) is 0 Å². The molecule has 8 heteroatoms. The van der Waals surface area contributed by atoms with Gasteiger partial charge < -0.3 is 33.2 Å². The molecule has 2 aromatic carbocycles. The van der Waals surface area contributed by atoms with Crippen LogP contribution in [0.15, 0.2) is 48.5 Å². The first-order valence-electron chi connectivity index (χ1n) is 9.24. The van der Waals surface area contributed by atoms with Crippen molar-refractivity contribution in [3.05, 3.63) is 48.5 Å². The summed E-state index contributed by atoms with van der Waals surface area (Å²) in [5.74, 6) is 2.37. The van der Waals surface area contributed by atoms with Gasteiger partial charge in [0.2, 0.25) is 5.75 Å². The smallest absolute Gasteiger partial charge is 0.358 e. The maximum absolute atomic E-state index is 6.21. The van der Waals surface area contributed by atoms with Crippen LogP contribution in [0.4, 0.5) is 0 Å². The van der Waals surface area contributed by atoms with Crippen LogP contribution in [0.3, 0.4) is 0 Å². The molecule has 7 nitrogen and oxygen atoms in total. The largest absolute Gasteiger partial charge is 0.493 e. The number of benzene rings is 2. The molecule has 29 heavy (non-hydrogen) atoms. The Balaban J connectivity index is 1.52. The molecule has 1 fully saturated rings. The van der Waals surface area contributed by atoms with Crippen molar-refractivity contribution < 1.29 is 33.2 Å².